The molecule has 4 aromatic rings. The fourth-order valence-corrected chi connectivity index (χ4v) is 4.00. The number of benzene rings is 2. The number of aryl methyl sites for hydroxylation is 1. The van der Waals surface area contributed by atoms with Crippen LogP contribution >= 0.6 is 0 Å². The Morgan fingerprint density at radius 2 is 1.89 bits per heavy atom. The minimum absolute atomic E-state index is 0.120. The zero-order valence-corrected chi connectivity index (χ0v) is 21.0. The van der Waals surface area contributed by atoms with Crippen LogP contribution in [0.15, 0.2) is 42.9 Å². The first-order valence-electron chi connectivity index (χ1n) is 11.8. The van der Waals surface area contributed by atoms with Gasteiger partial charge in [-0.2, -0.15) is 0 Å². The number of aromatic amines is 1. The second-order valence-corrected chi connectivity index (χ2v) is 8.62. The number of carbonyl (C=O) groups is 1. The van der Waals surface area contributed by atoms with Gasteiger partial charge in [-0.15, -0.1) is 10.2 Å². The highest BCUT2D eigenvalue weighted by atomic mass is 19.2. The van der Waals surface area contributed by atoms with Gasteiger partial charge in [0.05, 0.1) is 31.4 Å². The topological polar surface area (TPSA) is 94.9 Å². The lowest BCUT2D eigenvalue weighted by molar-refractivity contribution is -0.141. The average molecular weight is 526 g/mol. The Hall–Kier alpha value is -4.41. The first-order valence-corrected chi connectivity index (χ1v) is 11.8. The Kier molecular flexibility index (Phi) is 8.25. The van der Waals surface area contributed by atoms with E-state index < -0.39 is 29.3 Å². The zero-order chi connectivity index (χ0) is 27.2. The molecule has 198 valence electrons. The first kappa shape index (κ1) is 26.6. The van der Waals surface area contributed by atoms with Crippen LogP contribution in [0.25, 0.3) is 17.8 Å². The average Bonchev–Trinajstić information content (AvgIpc) is 3.54. The molecule has 0 amide bonds. The maximum atomic E-state index is 14.0. The Bertz CT molecular complexity index is 1440. The van der Waals surface area contributed by atoms with Crippen molar-refractivity contribution >= 4 is 18.1 Å². The molecular weight excluding hydrogens is 499 g/mol. The predicted octanol–water partition coefficient (Wildman–Crippen LogP) is 5.37. The van der Waals surface area contributed by atoms with Gasteiger partial charge in [-0.25, -0.2) is 18.2 Å². The van der Waals surface area contributed by atoms with Crippen LogP contribution in [-0.2, 0) is 9.53 Å². The molecule has 0 aliphatic rings. The van der Waals surface area contributed by atoms with Crippen molar-refractivity contribution in [2.75, 3.05) is 13.7 Å². The summed E-state index contributed by atoms with van der Waals surface area (Å²) >= 11 is 0. The summed E-state index contributed by atoms with van der Waals surface area (Å²) in [5.74, 6) is -3.82. The van der Waals surface area contributed by atoms with E-state index in [1.54, 1.807) is 19.5 Å². The Labute approximate surface area is 217 Å². The van der Waals surface area contributed by atoms with Gasteiger partial charge >= 0.3 is 5.97 Å². The Balaban J connectivity index is 1.56. The van der Waals surface area contributed by atoms with Gasteiger partial charge in [-0.05, 0) is 61.2 Å². The van der Waals surface area contributed by atoms with E-state index in [1.165, 1.54) is 6.92 Å². The normalized spacial score (nSPS) is 12.2. The molecule has 0 bridgehead atoms. The molecule has 0 aliphatic heterocycles. The number of rotatable bonds is 10. The first-order chi connectivity index (χ1) is 18.2. The summed E-state index contributed by atoms with van der Waals surface area (Å²) in [5.41, 5.74) is 2.74. The van der Waals surface area contributed by atoms with Crippen molar-refractivity contribution in [1.29, 1.82) is 0 Å². The summed E-state index contributed by atoms with van der Waals surface area (Å²) in [6, 6.07) is 7.54. The van der Waals surface area contributed by atoms with E-state index in [4.69, 9.17) is 9.47 Å². The highest BCUT2D eigenvalue weighted by Crippen LogP contribution is 2.30. The number of nitrogens with zero attached hydrogens (tertiary/aromatic N) is 4. The van der Waals surface area contributed by atoms with E-state index >= 15 is 0 Å². The van der Waals surface area contributed by atoms with E-state index in [9.17, 15) is 18.0 Å². The number of aromatic nitrogens is 5. The second-order valence-electron chi connectivity index (χ2n) is 8.62. The SMILES string of the molecule is COc1cc(/C=C/c2nnc(C(CCCOC(C)=O)c3cc(F)c(F)c(F)c3)[nH]2)ccc1-n1cnc(C)c1. The summed E-state index contributed by atoms with van der Waals surface area (Å²) < 4.78 is 53.8. The molecule has 0 radical (unpaired) electrons. The van der Waals surface area contributed by atoms with Crippen LogP contribution in [0.3, 0.4) is 0 Å². The lowest BCUT2D eigenvalue weighted by Crippen LogP contribution is -2.09. The number of nitrogens with one attached hydrogen (secondary N) is 1. The van der Waals surface area contributed by atoms with Gasteiger partial charge in [-0.1, -0.05) is 12.1 Å². The molecule has 8 nitrogen and oxygen atoms in total. The molecular formula is C27H26F3N5O3. The van der Waals surface area contributed by atoms with Crippen molar-refractivity contribution in [3.63, 3.8) is 0 Å². The van der Waals surface area contributed by atoms with Crippen LogP contribution in [0, 0.1) is 24.4 Å². The largest absolute Gasteiger partial charge is 0.495 e. The van der Waals surface area contributed by atoms with Crippen molar-refractivity contribution in [2.24, 2.45) is 0 Å². The minimum Gasteiger partial charge on any atom is -0.495 e. The minimum atomic E-state index is -1.54. The summed E-state index contributed by atoms with van der Waals surface area (Å²) in [4.78, 5) is 18.4. The predicted molar refractivity (Wildman–Crippen MR) is 134 cm³/mol. The van der Waals surface area contributed by atoms with Crippen molar-refractivity contribution < 1.29 is 27.4 Å². The number of H-pyrrole nitrogens is 1. The number of esters is 1. The third-order valence-corrected chi connectivity index (χ3v) is 5.83. The maximum absolute atomic E-state index is 14.0. The van der Waals surface area contributed by atoms with Crippen molar-refractivity contribution in [3.05, 3.63) is 88.8 Å². The molecule has 2 heterocycles. The molecule has 1 atom stereocenters. The fraction of sp³-hybridized carbons (Fsp3) is 0.259. The molecule has 0 spiro atoms. The van der Waals surface area contributed by atoms with E-state index in [1.807, 2.05) is 42.0 Å². The number of hydrogen-bond donors (Lipinski definition) is 1. The van der Waals surface area contributed by atoms with Crippen LogP contribution < -0.4 is 4.74 Å². The van der Waals surface area contributed by atoms with Crippen molar-refractivity contribution in [1.82, 2.24) is 24.7 Å². The molecule has 2 aromatic heterocycles. The number of methoxy groups -OCH3 is 1. The van der Waals surface area contributed by atoms with E-state index in [0.29, 0.717) is 30.2 Å². The fourth-order valence-electron chi connectivity index (χ4n) is 4.00. The molecule has 11 heteroatoms. The molecule has 38 heavy (non-hydrogen) atoms. The highest BCUT2D eigenvalue weighted by molar-refractivity contribution is 5.69. The smallest absolute Gasteiger partial charge is 0.302 e. The molecule has 1 N–H and O–H groups in total. The Morgan fingerprint density at radius 3 is 2.55 bits per heavy atom. The van der Waals surface area contributed by atoms with Crippen LogP contribution in [0.2, 0.25) is 0 Å². The lowest BCUT2D eigenvalue weighted by atomic mass is 9.93. The van der Waals surface area contributed by atoms with E-state index in [-0.39, 0.29) is 12.2 Å². The lowest BCUT2D eigenvalue weighted by Gasteiger charge is -2.15. The number of carbonyl (C=O) groups excluding carboxylic acids is 1. The number of halogens is 3. The van der Waals surface area contributed by atoms with Crippen molar-refractivity contribution in [2.45, 2.75) is 32.6 Å². The number of hydrogen-bond acceptors (Lipinski definition) is 6. The third-order valence-electron chi connectivity index (χ3n) is 5.83. The quantitative estimate of drug-likeness (QED) is 0.170. The third kappa shape index (κ3) is 6.28. The van der Waals surface area contributed by atoms with E-state index in [0.717, 1.165) is 29.1 Å². The molecule has 4 rings (SSSR count). The van der Waals surface area contributed by atoms with Gasteiger partial charge in [0.15, 0.2) is 23.3 Å². The summed E-state index contributed by atoms with van der Waals surface area (Å²) in [7, 11) is 1.58. The van der Waals surface area contributed by atoms with Gasteiger partial charge in [0.2, 0.25) is 0 Å². The van der Waals surface area contributed by atoms with Crippen LogP contribution in [0.5, 0.6) is 5.75 Å². The number of ether oxygens (including phenoxy) is 2. The molecule has 0 aliphatic carbocycles. The van der Waals surface area contributed by atoms with Crippen molar-refractivity contribution in [3.8, 4) is 11.4 Å². The molecule has 1 unspecified atom stereocenters. The second kappa shape index (κ2) is 11.8. The van der Waals surface area contributed by atoms with Gasteiger partial charge in [0.25, 0.3) is 0 Å². The molecule has 2 aromatic carbocycles. The monoisotopic (exact) mass is 525 g/mol. The standard InChI is InChI=1S/C27H26F3N5O3/c1-16-14-35(15-31-16)23-8-6-18(11-24(23)37-3)7-9-25-32-27(34-33-25)20(5-4-10-38-17(2)36)19-12-21(28)26(30)22(29)13-19/h6-9,11-15,20H,4-5,10H2,1-3H3,(H,32,33,34)/b9-7+. The zero-order valence-electron chi connectivity index (χ0n) is 21.0. The molecule has 0 fully saturated rings. The summed E-state index contributed by atoms with van der Waals surface area (Å²) in [6.45, 7) is 3.31. The van der Waals surface area contributed by atoms with Crippen LogP contribution in [-0.4, -0.2) is 44.4 Å². The van der Waals surface area contributed by atoms with Gasteiger partial charge in [0, 0.05) is 19.0 Å². The van der Waals surface area contributed by atoms with Gasteiger partial charge < -0.3 is 19.0 Å². The summed E-state index contributed by atoms with van der Waals surface area (Å²) in [5, 5.41) is 8.28. The molecule has 0 saturated heterocycles. The van der Waals surface area contributed by atoms with Crippen LogP contribution in [0.1, 0.15) is 54.2 Å². The molecule has 0 saturated carbocycles. The van der Waals surface area contributed by atoms with Gasteiger partial charge in [-0.3, -0.25) is 4.79 Å². The highest BCUT2D eigenvalue weighted by Gasteiger charge is 2.22. The van der Waals surface area contributed by atoms with Crippen LogP contribution in [0.4, 0.5) is 13.2 Å². The Morgan fingerprint density at radius 1 is 1.13 bits per heavy atom. The van der Waals surface area contributed by atoms with Gasteiger partial charge in [0.1, 0.15) is 11.6 Å². The maximum Gasteiger partial charge on any atom is 0.302 e. The number of imidazole rings is 1. The van der Waals surface area contributed by atoms with E-state index in [2.05, 4.69) is 20.2 Å². The summed E-state index contributed by atoms with van der Waals surface area (Å²) in [6.07, 6.45) is 7.82.